The average Bonchev–Trinajstić information content (AvgIpc) is 2.61. The molecule has 0 aliphatic carbocycles. The largest absolute Gasteiger partial charge is 0.507 e. The van der Waals surface area contributed by atoms with Crippen LogP contribution in [0.2, 0.25) is 0 Å². The predicted octanol–water partition coefficient (Wildman–Crippen LogP) is 3.98. The van der Waals surface area contributed by atoms with Crippen molar-refractivity contribution in [3.63, 3.8) is 0 Å². The SMILES string of the molecule is C/C(=N/NC(=O)c1cc2ccccc2cc1O)c1ccc(F)c(F)c1. The van der Waals surface area contributed by atoms with Crippen LogP contribution in [-0.2, 0) is 0 Å². The molecule has 0 bridgehead atoms. The van der Waals surface area contributed by atoms with Gasteiger partial charge in [0.2, 0.25) is 0 Å². The summed E-state index contributed by atoms with van der Waals surface area (Å²) in [5.74, 6) is -2.73. The highest BCUT2D eigenvalue weighted by atomic mass is 19.2. The molecule has 0 fully saturated rings. The topological polar surface area (TPSA) is 61.7 Å². The highest BCUT2D eigenvalue weighted by molar-refractivity contribution is 6.03. The van der Waals surface area contributed by atoms with Crippen LogP contribution in [0.15, 0.2) is 59.7 Å². The molecule has 0 aliphatic heterocycles. The van der Waals surface area contributed by atoms with Gasteiger partial charge in [-0.15, -0.1) is 0 Å². The van der Waals surface area contributed by atoms with Gasteiger partial charge >= 0.3 is 0 Å². The Hall–Kier alpha value is -3.28. The summed E-state index contributed by atoms with van der Waals surface area (Å²) in [5.41, 5.74) is 3.01. The Morgan fingerprint density at radius 1 is 1.00 bits per heavy atom. The predicted molar refractivity (Wildman–Crippen MR) is 91.6 cm³/mol. The number of nitrogens with one attached hydrogen (secondary N) is 1. The lowest BCUT2D eigenvalue weighted by atomic mass is 10.1. The minimum Gasteiger partial charge on any atom is -0.507 e. The first-order chi connectivity index (χ1) is 12.0. The molecule has 6 heteroatoms. The summed E-state index contributed by atoms with van der Waals surface area (Å²) in [4.78, 5) is 12.3. The van der Waals surface area contributed by atoms with E-state index in [0.29, 0.717) is 11.3 Å². The summed E-state index contributed by atoms with van der Waals surface area (Å²) in [6, 6.07) is 13.7. The van der Waals surface area contributed by atoms with Crippen molar-refractivity contribution < 1.29 is 18.7 Å². The number of fused-ring (bicyclic) bond motifs is 1. The number of aromatic hydroxyl groups is 1. The van der Waals surface area contributed by atoms with E-state index in [2.05, 4.69) is 10.5 Å². The lowest BCUT2D eigenvalue weighted by Gasteiger charge is -2.07. The molecule has 0 spiro atoms. The van der Waals surface area contributed by atoms with E-state index in [1.54, 1.807) is 13.0 Å². The normalized spacial score (nSPS) is 11.6. The summed E-state index contributed by atoms with van der Waals surface area (Å²) in [6.07, 6.45) is 0. The second-order valence-corrected chi connectivity index (χ2v) is 5.48. The van der Waals surface area contributed by atoms with Crippen LogP contribution >= 0.6 is 0 Å². The Morgan fingerprint density at radius 2 is 1.68 bits per heavy atom. The molecular formula is C19H14F2N2O2. The van der Waals surface area contributed by atoms with Crippen molar-refractivity contribution in [2.24, 2.45) is 5.10 Å². The van der Waals surface area contributed by atoms with Crippen LogP contribution in [0, 0.1) is 11.6 Å². The number of carbonyl (C=O) groups is 1. The summed E-state index contributed by atoms with van der Waals surface area (Å²) < 4.78 is 26.2. The van der Waals surface area contributed by atoms with E-state index >= 15 is 0 Å². The zero-order valence-electron chi connectivity index (χ0n) is 13.3. The Balaban J connectivity index is 1.84. The standard InChI is InChI=1S/C19H14F2N2O2/c1-11(12-6-7-16(20)17(21)9-12)22-23-19(25)15-8-13-4-2-3-5-14(13)10-18(15)24/h2-10,24H,1H3,(H,23,25)/b22-11-. The number of benzene rings is 3. The third-order valence-corrected chi connectivity index (χ3v) is 3.77. The molecule has 25 heavy (non-hydrogen) atoms. The van der Waals surface area contributed by atoms with Gasteiger partial charge in [0, 0.05) is 5.56 Å². The molecule has 0 heterocycles. The molecule has 0 aromatic heterocycles. The first kappa shape index (κ1) is 16.6. The van der Waals surface area contributed by atoms with Gasteiger partial charge in [-0.05, 0) is 48.0 Å². The molecule has 3 rings (SSSR count). The van der Waals surface area contributed by atoms with Crippen LogP contribution in [0.1, 0.15) is 22.8 Å². The van der Waals surface area contributed by atoms with Gasteiger partial charge in [0.25, 0.3) is 5.91 Å². The van der Waals surface area contributed by atoms with E-state index in [1.807, 2.05) is 24.3 Å². The zero-order valence-corrected chi connectivity index (χ0v) is 13.3. The summed E-state index contributed by atoms with van der Waals surface area (Å²) in [7, 11) is 0. The number of hydrazone groups is 1. The average molecular weight is 340 g/mol. The van der Waals surface area contributed by atoms with Crippen LogP contribution in [0.4, 0.5) is 8.78 Å². The van der Waals surface area contributed by atoms with Crippen LogP contribution in [0.25, 0.3) is 10.8 Å². The fourth-order valence-corrected chi connectivity index (χ4v) is 2.39. The van der Waals surface area contributed by atoms with Gasteiger partial charge in [0.05, 0.1) is 11.3 Å². The second kappa shape index (κ2) is 6.68. The molecule has 0 aliphatic rings. The smallest absolute Gasteiger partial charge is 0.275 e. The molecule has 0 atom stereocenters. The van der Waals surface area contributed by atoms with Crippen molar-refractivity contribution in [3.8, 4) is 5.75 Å². The first-order valence-corrected chi connectivity index (χ1v) is 7.47. The van der Waals surface area contributed by atoms with Crippen LogP contribution in [0.3, 0.4) is 0 Å². The third-order valence-electron chi connectivity index (χ3n) is 3.77. The van der Waals surface area contributed by atoms with E-state index in [0.717, 1.165) is 22.9 Å². The molecule has 126 valence electrons. The number of halogens is 2. The Morgan fingerprint density at radius 3 is 2.36 bits per heavy atom. The maximum absolute atomic E-state index is 13.3. The van der Waals surface area contributed by atoms with Gasteiger partial charge in [-0.2, -0.15) is 5.10 Å². The molecule has 0 radical (unpaired) electrons. The fourth-order valence-electron chi connectivity index (χ4n) is 2.39. The van der Waals surface area contributed by atoms with Gasteiger partial charge in [0.1, 0.15) is 5.75 Å². The summed E-state index contributed by atoms with van der Waals surface area (Å²) >= 11 is 0. The number of nitrogens with zero attached hydrogens (tertiary/aromatic N) is 1. The Kier molecular flexibility index (Phi) is 4.43. The van der Waals surface area contributed by atoms with Crippen LogP contribution < -0.4 is 5.43 Å². The molecule has 2 N–H and O–H groups in total. The monoisotopic (exact) mass is 340 g/mol. The van der Waals surface area contributed by atoms with Crippen molar-refractivity contribution in [2.75, 3.05) is 0 Å². The number of hydrogen-bond acceptors (Lipinski definition) is 3. The van der Waals surface area contributed by atoms with E-state index in [9.17, 15) is 18.7 Å². The molecule has 1 amide bonds. The maximum Gasteiger partial charge on any atom is 0.275 e. The van der Waals surface area contributed by atoms with Crippen molar-refractivity contribution in [1.29, 1.82) is 0 Å². The highest BCUT2D eigenvalue weighted by Gasteiger charge is 2.12. The number of phenolic OH excluding ortho intramolecular Hbond substituents is 1. The third kappa shape index (κ3) is 3.47. The lowest BCUT2D eigenvalue weighted by Crippen LogP contribution is -2.19. The summed E-state index contributed by atoms with van der Waals surface area (Å²) in [5, 5.41) is 15.5. The minimum atomic E-state index is -0.995. The second-order valence-electron chi connectivity index (χ2n) is 5.48. The number of phenols is 1. The zero-order chi connectivity index (χ0) is 18.0. The van der Waals surface area contributed by atoms with E-state index in [4.69, 9.17) is 0 Å². The van der Waals surface area contributed by atoms with Gasteiger partial charge in [-0.25, -0.2) is 14.2 Å². The van der Waals surface area contributed by atoms with Gasteiger partial charge < -0.3 is 5.11 Å². The molecule has 0 unspecified atom stereocenters. The van der Waals surface area contributed by atoms with Crippen molar-refractivity contribution >= 4 is 22.4 Å². The van der Waals surface area contributed by atoms with Crippen molar-refractivity contribution in [2.45, 2.75) is 6.92 Å². The van der Waals surface area contributed by atoms with Crippen molar-refractivity contribution in [1.82, 2.24) is 5.43 Å². The number of rotatable bonds is 3. The quantitative estimate of drug-likeness (QED) is 0.560. The first-order valence-electron chi connectivity index (χ1n) is 7.47. The summed E-state index contributed by atoms with van der Waals surface area (Å²) in [6.45, 7) is 1.55. The number of carbonyl (C=O) groups excluding carboxylic acids is 1. The molecular weight excluding hydrogens is 326 g/mol. The Labute approximate surface area is 142 Å². The Bertz CT molecular complexity index is 1000. The molecule has 3 aromatic carbocycles. The van der Waals surface area contributed by atoms with E-state index in [1.165, 1.54) is 12.1 Å². The lowest BCUT2D eigenvalue weighted by molar-refractivity contribution is 0.0952. The molecule has 4 nitrogen and oxygen atoms in total. The van der Waals surface area contributed by atoms with Gasteiger partial charge in [-0.1, -0.05) is 24.3 Å². The molecule has 0 saturated heterocycles. The van der Waals surface area contributed by atoms with Crippen LogP contribution in [-0.4, -0.2) is 16.7 Å². The van der Waals surface area contributed by atoms with Gasteiger partial charge in [-0.3, -0.25) is 4.79 Å². The minimum absolute atomic E-state index is 0.0699. The van der Waals surface area contributed by atoms with E-state index < -0.39 is 17.5 Å². The van der Waals surface area contributed by atoms with Gasteiger partial charge in [0.15, 0.2) is 11.6 Å². The maximum atomic E-state index is 13.3. The fraction of sp³-hybridized carbons (Fsp3) is 0.0526. The molecule has 0 saturated carbocycles. The number of hydrogen-bond donors (Lipinski definition) is 2. The van der Waals surface area contributed by atoms with Crippen molar-refractivity contribution in [3.05, 3.63) is 77.4 Å². The molecule has 3 aromatic rings. The van der Waals surface area contributed by atoms with Crippen LogP contribution in [0.5, 0.6) is 5.75 Å². The highest BCUT2D eigenvalue weighted by Crippen LogP contribution is 2.24. The number of amides is 1. The van der Waals surface area contributed by atoms with E-state index in [-0.39, 0.29) is 11.3 Å².